The maximum absolute atomic E-state index is 12.7. The molecule has 2 heteroatoms. The van der Waals surface area contributed by atoms with Gasteiger partial charge in [0.25, 0.3) is 5.91 Å². The molecule has 1 N–H and O–H groups in total. The molecule has 3 rings (SSSR count). The number of carbonyl (C=O) groups is 1. The average molecular weight is 285 g/mol. The van der Waals surface area contributed by atoms with Crippen molar-refractivity contribution in [1.29, 1.82) is 0 Å². The van der Waals surface area contributed by atoms with E-state index >= 15 is 0 Å². The Morgan fingerprint density at radius 2 is 1.67 bits per heavy atom. The zero-order chi connectivity index (χ0) is 14.8. The van der Waals surface area contributed by atoms with Crippen LogP contribution < -0.4 is 5.32 Å². The van der Waals surface area contributed by atoms with Crippen LogP contribution in [0.5, 0.6) is 0 Å². The summed E-state index contributed by atoms with van der Waals surface area (Å²) in [6.07, 6.45) is 9.23. The number of amides is 1. The summed E-state index contributed by atoms with van der Waals surface area (Å²) in [5.74, 6) is 1.72. The molecule has 0 aromatic heterocycles. The average Bonchev–Trinajstić information content (AvgIpc) is 2.47. The normalized spacial score (nSPS) is 28.8. The predicted octanol–water partition coefficient (Wildman–Crippen LogP) is 4.39. The Kier molecular flexibility index (Phi) is 4.32. The highest BCUT2D eigenvalue weighted by molar-refractivity contribution is 5.97. The molecule has 2 fully saturated rings. The summed E-state index contributed by atoms with van der Waals surface area (Å²) < 4.78 is 0. The molecule has 2 aliphatic rings. The topological polar surface area (TPSA) is 29.1 Å². The second kappa shape index (κ2) is 6.21. The molecular formula is C19H27NO. The molecule has 1 aromatic rings. The van der Waals surface area contributed by atoms with Crippen LogP contribution in [0.3, 0.4) is 0 Å². The molecule has 1 amide bonds. The van der Waals surface area contributed by atoms with Crippen molar-refractivity contribution in [3.8, 4) is 0 Å². The summed E-state index contributed by atoms with van der Waals surface area (Å²) >= 11 is 0. The van der Waals surface area contributed by atoms with Crippen LogP contribution in [0.15, 0.2) is 18.2 Å². The van der Waals surface area contributed by atoms with Crippen LogP contribution in [-0.2, 0) is 0 Å². The zero-order valence-corrected chi connectivity index (χ0v) is 13.3. The van der Waals surface area contributed by atoms with Crippen molar-refractivity contribution >= 4 is 5.91 Å². The third kappa shape index (κ3) is 3.00. The van der Waals surface area contributed by atoms with Crippen molar-refractivity contribution in [3.63, 3.8) is 0 Å². The Bertz CT molecular complexity index is 500. The minimum atomic E-state index is 0.141. The molecular weight excluding hydrogens is 258 g/mol. The fourth-order valence-corrected chi connectivity index (χ4v) is 4.53. The van der Waals surface area contributed by atoms with Gasteiger partial charge in [-0.3, -0.25) is 4.79 Å². The number of hydrogen-bond donors (Lipinski definition) is 1. The van der Waals surface area contributed by atoms with E-state index in [0.29, 0.717) is 6.04 Å². The number of fused-ring (bicyclic) bond motifs is 1. The second-order valence-corrected chi connectivity index (χ2v) is 6.99. The monoisotopic (exact) mass is 285 g/mol. The first-order chi connectivity index (χ1) is 10.2. The Labute approximate surface area is 128 Å². The quantitative estimate of drug-likeness (QED) is 0.857. The molecule has 0 radical (unpaired) electrons. The number of hydrogen-bond acceptors (Lipinski definition) is 1. The Balaban J connectivity index is 1.74. The molecule has 0 bridgehead atoms. The van der Waals surface area contributed by atoms with E-state index < -0.39 is 0 Å². The van der Waals surface area contributed by atoms with Gasteiger partial charge in [0.05, 0.1) is 0 Å². The number of rotatable bonds is 2. The first kappa shape index (κ1) is 14.6. The highest BCUT2D eigenvalue weighted by Crippen LogP contribution is 2.40. The fourth-order valence-electron chi connectivity index (χ4n) is 4.53. The smallest absolute Gasteiger partial charge is 0.252 e. The molecule has 2 saturated carbocycles. The lowest BCUT2D eigenvalue weighted by atomic mass is 9.68. The Hall–Kier alpha value is -1.31. The summed E-state index contributed by atoms with van der Waals surface area (Å²) in [6.45, 7) is 4.07. The number of aryl methyl sites for hydroxylation is 2. The van der Waals surface area contributed by atoms with E-state index in [1.165, 1.54) is 38.5 Å². The first-order valence-corrected chi connectivity index (χ1v) is 8.54. The standard InChI is InChI=1S/C19H27NO/c1-13-7-5-8-14(2)18(13)19(21)20-17-12-6-10-15-9-3-4-11-16(15)17/h5,7-8,15-17H,3-4,6,9-12H2,1-2H3,(H,20,21)/t15-,16-,17-/m0/s1. The predicted molar refractivity (Wildman–Crippen MR) is 86.5 cm³/mol. The van der Waals surface area contributed by atoms with Crippen LogP contribution in [0, 0.1) is 25.7 Å². The molecule has 21 heavy (non-hydrogen) atoms. The number of carbonyl (C=O) groups excluding carboxylic acids is 1. The highest BCUT2D eigenvalue weighted by Gasteiger charge is 2.35. The molecule has 3 atom stereocenters. The van der Waals surface area contributed by atoms with Crippen molar-refractivity contribution in [2.24, 2.45) is 11.8 Å². The minimum Gasteiger partial charge on any atom is -0.349 e. The SMILES string of the molecule is Cc1cccc(C)c1C(=O)N[C@H]1CCC[C@@H]2CCCC[C@@H]21. The lowest BCUT2D eigenvalue weighted by Crippen LogP contribution is -2.46. The summed E-state index contributed by atoms with van der Waals surface area (Å²) in [7, 11) is 0. The third-order valence-electron chi connectivity index (χ3n) is 5.60. The summed E-state index contributed by atoms with van der Waals surface area (Å²) in [5, 5.41) is 3.38. The molecule has 2 aliphatic carbocycles. The first-order valence-electron chi connectivity index (χ1n) is 8.54. The van der Waals surface area contributed by atoms with Crippen molar-refractivity contribution in [2.45, 2.75) is 64.8 Å². The van der Waals surface area contributed by atoms with E-state index in [-0.39, 0.29) is 5.91 Å². The number of nitrogens with one attached hydrogen (secondary N) is 1. The Morgan fingerprint density at radius 3 is 2.43 bits per heavy atom. The maximum atomic E-state index is 12.7. The summed E-state index contributed by atoms with van der Waals surface area (Å²) in [5.41, 5.74) is 3.06. The van der Waals surface area contributed by atoms with Crippen molar-refractivity contribution in [2.75, 3.05) is 0 Å². The molecule has 1 aromatic carbocycles. The molecule has 0 saturated heterocycles. The number of benzene rings is 1. The third-order valence-corrected chi connectivity index (χ3v) is 5.60. The summed E-state index contributed by atoms with van der Waals surface area (Å²) in [6, 6.07) is 6.49. The van der Waals surface area contributed by atoms with Crippen molar-refractivity contribution < 1.29 is 4.79 Å². The van der Waals surface area contributed by atoms with Crippen molar-refractivity contribution in [1.82, 2.24) is 5.32 Å². The van der Waals surface area contributed by atoms with E-state index in [2.05, 4.69) is 5.32 Å². The Morgan fingerprint density at radius 1 is 1.00 bits per heavy atom. The fraction of sp³-hybridized carbons (Fsp3) is 0.632. The molecule has 0 heterocycles. The van der Waals surface area contributed by atoms with Gasteiger partial charge in [-0.05, 0) is 49.7 Å². The van der Waals surface area contributed by atoms with Gasteiger partial charge in [0.1, 0.15) is 0 Å². The van der Waals surface area contributed by atoms with E-state index in [4.69, 9.17) is 0 Å². The van der Waals surface area contributed by atoms with E-state index in [1.54, 1.807) is 0 Å². The van der Waals surface area contributed by atoms with Crippen LogP contribution in [0.1, 0.15) is 66.4 Å². The van der Waals surface area contributed by atoms with Gasteiger partial charge >= 0.3 is 0 Å². The van der Waals surface area contributed by atoms with Gasteiger partial charge in [0.2, 0.25) is 0 Å². The van der Waals surface area contributed by atoms with Crippen LogP contribution in [0.2, 0.25) is 0 Å². The van der Waals surface area contributed by atoms with Gasteiger partial charge in [-0.15, -0.1) is 0 Å². The second-order valence-electron chi connectivity index (χ2n) is 6.99. The molecule has 0 aliphatic heterocycles. The van der Waals surface area contributed by atoms with Gasteiger partial charge in [-0.25, -0.2) is 0 Å². The molecule has 2 nitrogen and oxygen atoms in total. The van der Waals surface area contributed by atoms with E-state index in [9.17, 15) is 4.79 Å². The lowest BCUT2D eigenvalue weighted by Gasteiger charge is -2.41. The highest BCUT2D eigenvalue weighted by atomic mass is 16.1. The zero-order valence-electron chi connectivity index (χ0n) is 13.3. The van der Waals surface area contributed by atoms with Gasteiger partial charge in [0.15, 0.2) is 0 Å². The molecule has 0 spiro atoms. The minimum absolute atomic E-state index is 0.141. The molecule has 114 valence electrons. The lowest BCUT2D eigenvalue weighted by molar-refractivity contribution is 0.0822. The maximum Gasteiger partial charge on any atom is 0.252 e. The van der Waals surface area contributed by atoms with Crippen LogP contribution in [-0.4, -0.2) is 11.9 Å². The van der Waals surface area contributed by atoms with Gasteiger partial charge in [0, 0.05) is 11.6 Å². The van der Waals surface area contributed by atoms with Crippen LogP contribution >= 0.6 is 0 Å². The van der Waals surface area contributed by atoms with Crippen molar-refractivity contribution in [3.05, 3.63) is 34.9 Å². The summed E-state index contributed by atoms with van der Waals surface area (Å²) in [4.78, 5) is 12.7. The largest absolute Gasteiger partial charge is 0.349 e. The van der Waals surface area contributed by atoms with Crippen LogP contribution in [0.25, 0.3) is 0 Å². The molecule has 0 unspecified atom stereocenters. The van der Waals surface area contributed by atoms with E-state index in [1.807, 2.05) is 32.0 Å². The van der Waals surface area contributed by atoms with Gasteiger partial charge in [-0.2, -0.15) is 0 Å². The van der Waals surface area contributed by atoms with Crippen LogP contribution in [0.4, 0.5) is 0 Å². The van der Waals surface area contributed by atoms with E-state index in [0.717, 1.165) is 34.9 Å². The van der Waals surface area contributed by atoms with Gasteiger partial charge < -0.3 is 5.32 Å². The van der Waals surface area contributed by atoms with Gasteiger partial charge in [-0.1, -0.05) is 50.3 Å².